The Morgan fingerprint density at radius 1 is 1.08 bits per heavy atom. The highest BCUT2D eigenvalue weighted by Gasteiger charge is 2.33. The normalized spacial score (nSPS) is 16.4. The van der Waals surface area contributed by atoms with E-state index in [1.807, 2.05) is 23.2 Å². The zero-order chi connectivity index (χ0) is 17.0. The first-order valence-electron chi connectivity index (χ1n) is 7.78. The molecule has 0 radical (unpaired) electrons. The van der Waals surface area contributed by atoms with E-state index in [9.17, 15) is 13.2 Å². The molecule has 2 aromatic rings. The molecule has 0 unspecified atom stereocenters. The molecule has 0 atom stereocenters. The Balaban J connectivity index is 1.53. The van der Waals surface area contributed by atoms with Crippen molar-refractivity contribution in [2.45, 2.75) is 12.6 Å². The molecule has 0 aromatic carbocycles. The van der Waals surface area contributed by atoms with E-state index in [1.54, 1.807) is 6.20 Å². The zero-order valence-corrected chi connectivity index (χ0v) is 13.1. The van der Waals surface area contributed by atoms with Gasteiger partial charge in [0.25, 0.3) is 0 Å². The van der Waals surface area contributed by atoms with Crippen LogP contribution in [0.4, 0.5) is 19.0 Å². The first kappa shape index (κ1) is 16.6. The molecule has 3 heterocycles. The Bertz CT molecular complexity index is 654. The van der Waals surface area contributed by atoms with E-state index in [0.29, 0.717) is 18.9 Å². The molecule has 0 N–H and O–H groups in total. The molecule has 0 spiro atoms. The summed E-state index contributed by atoms with van der Waals surface area (Å²) in [4.78, 5) is 15.6. The predicted octanol–water partition coefficient (Wildman–Crippen LogP) is 2.26. The second kappa shape index (κ2) is 7.12. The zero-order valence-electron chi connectivity index (χ0n) is 13.1. The van der Waals surface area contributed by atoms with Gasteiger partial charge in [-0.15, -0.1) is 0 Å². The van der Waals surface area contributed by atoms with Crippen molar-refractivity contribution in [1.82, 2.24) is 19.9 Å². The lowest BCUT2D eigenvalue weighted by Gasteiger charge is -2.35. The van der Waals surface area contributed by atoms with Crippen LogP contribution in [-0.4, -0.2) is 52.6 Å². The summed E-state index contributed by atoms with van der Waals surface area (Å²) in [6.45, 7) is 3.82. The highest BCUT2D eigenvalue weighted by atomic mass is 19.4. The van der Waals surface area contributed by atoms with E-state index in [1.165, 1.54) is 5.56 Å². The number of hydrogen-bond donors (Lipinski definition) is 0. The van der Waals surface area contributed by atoms with Crippen LogP contribution in [0.25, 0.3) is 0 Å². The number of alkyl halides is 3. The maximum atomic E-state index is 12.7. The summed E-state index contributed by atoms with van der Waals surface area (Å²) in [5.74, 6) is 0.337. The van der Waals surface area contributed by atoms with E-state index >= 15 is 0 Å². The van der Waals surface area contributed by atoms with Crippen molar-refractivity contribution in [1.29, 1.82) is 0 Å². The van der Waals surface area contributed by atoms with Crippen molar-refractivity contribution in [2.75, 3.05) is 37.6 Å². The van der Waals surface area contributed by atoms with Crippen molar-refractivity contribution in [3.8, 4) is 0 Å². The Morgan fingerprint density at radius 3 is 2.54 bits per heavy atom. The minimum Gasteiger partial charge on any atom is -0.354 e. The quantitative estimate of drug-likeness (QED) is 0.856. The van der Waals surface area contributed by atoms with Gasteiger partial charge in [0.05, 0.1) is 0 Å². The molecule has 0 saturated carbocycles. The van der Waals surface area contributed by atoms with Crippen LogP contribution in [0.2, 0.25) is 0 Å². The molecule has 0 amide bonds. The Hall–Kier alpha value is -2.22. The van der Waals surface area contributed by atoms with Gasteiger partial charge in [0.15, 0.2) is 0 Å². The number of rotatable bonds is 4. The predicted molar refractivity (Wildman–Crippen MR) is 83.6 cm³/mol. The average molecular weight is 337 g/mol. The lowest BCUT2D eigenvalue weighted by atomic mass is 10.2. The van der Waals surface area contributed by atoms with Gasteiger partial charge in [-0.05, 0) is 18.1 Å². The molecule has 5 nitrogen and oxygen atoms in total. The van der Waals surface area contributed by atoms with Gasteiger partial charge in [-0.25, -0.2) is 9.97 Å². The minimum atomic E-state index is -4.44. The van der Waals surface area contributed by atoms with Gasteiger partial charge < -0.3 is 4.90 Å². The van der Waals surface area contributed by atoms with Crippen LogP contribution in [0.5, 0.6) is 0 Å². The van der Waals surface area contributed by atoms with Gasteiger partial charge in [0.1, 0.15) is 17.8 Å². The maximum Gasteiger partial charge on any atom is 0.433 e. The molecular formula is C16H18F3N5. The third-order valence-corrected chi connectivity index (χ3v) is 4.08. The standard InChI is InChI=1S/C16H18F3N5/c17-16(18,19)14-10-15(22-12-21-14)24-8-6-23(7-9-24)5-3-13-2-1-4-20-11-13/h1-2,4,10-12H,3,5-9H2. The fourth-order valence-electron chi connectivity index (χ4n) is 2.71. The molecule has 0 bridgehead atoms. The largest absolute Gasteiger partial charge is 0.433 e. The molecule has 128 valence electrons. The Kier molecular flexibility index (Phi) is 4.94. The van der Waals surface area contributed by atoms with Gasteiger partial charge in [0.2, 0.25) is 0 Å². The molecule has 2 aromatic heterocycles. The second-order valence-electron chi connectivity index (χ2n) is 5.70. The highest BCUT2D eigenvalue weighted by molar-refractivity contribution is 5.40. The smallest absolute Gasteiger partial charge is 0.354 e. The van der Waals surface area contributed by atoms with Crippen LogP contribution in [0.1, 0.15) is 11.3 Å². The van der Waals surface area contributed by atoms with Crippen LogP contribution >= 0.6 is 0 Å². The number of anilines is 1. The Morgan fingerprint density at radius 2 is 1.88 bits per heavy atom. The molecule has 0 aliphatic carbocycles. The molecule has 8 heteroatoms. The van der Waals surface area contributed by atoms with Gasteiger partial charge in [-0.2, -0.15) is 13.2 Å². The molecule has 1 aliphatic rings. The van der Waals surface area contributed by atoms with Crippen molar-refractivity contribution in [2.24, 2.45) is 0 Å². The summed E-state index contributed by atoms with van der Waals surface area (Å²) >= 11 is 0. The number of nitrogens with zero attached hydrogens (tertiary/aromatic N) is 5. The molecule has 3 rings (SSSR count). The summed E-state index contributed by atoms with van der Waals surface area (Å²) in [6.07, 6.45) is 1.06. The Labute approximate surface area is 138 Å². The van der Waals surface area contributed by atoms with Gasteiger partial charge in [-0.3, -0.25) is 9.88 Å². The van der Waals surface area contributed by atoms with Gasteiger partial charge in [-0.1, -0.05) is 6.07 Å². The lowest BCUT2D eigenvalue weighted by Crippen LogP contribution is -2.47. The second-order valence-corrected chi connectivity index (χ2v) is 5.70. The number of pyridine rings is 1. The van der Waals surface area contributed by atoms with Crippen molar-refractivity contribution in [3.63, 3.8) is 0 Å². The van der Waals surface area contributed by atoms with E-state index in [4.69, 9.17) is 0 Å². The van der Waals surface area contributed by atoms with Crippen LogP contribution in [-0.2, 0) is 12.6 Å². The number of hydrogen-bond acceptors (Lipinski definition) is 5. The average Bonchev–Trinajstić information content (AvgIpc) is 2.61. The van der Waals surface area contributed by atoms with E-state index in [2.05, 4.69) is 19.9 Å². The maximum absolute atomic E-state index is 12.7. The van der Waals surface area contributed by atoms with E-state index < -0.39 is 11.9 Å². The molecule has 24 heavy (non-hydrogen) atoms. The number of halogens is 3. The van der Waals surface area contributed by atoms with Crippen molar-refractivity contribution in [3.05, 3.63) is 48.2 Å². The molecule has 1 saturated heterocycles. The summed E-state index contributed by atoms with van der Waals surface area (Å²) in [6, 6.07) is 4.98. The summed E-state index contributed by atoms with van der Waals surface area (Å²) in [5, 5.41) is 0. The first-order chi connectivity index (χ1) is 11.5. The first-order valence-corrected chi connectivity index (χ1v) is 7.78. The number of piperazine rings is 1. The lowest BCUT2D eigenvalue weighted by molar-refractivity contribution is -0.141. The van der Waals surface area contributed by atoms with E-state index in [0.717, 1.165) is 38.4 Å². The SMILES string of the molecule is FC(F)(F)c1cc(N2CCN(CCc3cccnc3)CC2)ncn1. The van der Waals surface area contributed by atoms with Gasteiger partial charge >= 0.3 is 6.18 Å². The minimum absolute atomic E-state index is 0.337. The summed E-state index contributed by atoms with van der Waals surface area (Å²) in [5.41, 5.74) is 0.289. The molecule has 1 aliphatic heterocycles. The van der Waals surface area contributed by atoms with Crippen LogP contribution in [0, 0.1) is 0 Å². The fraction of sp³-hybridized carbons (Fsp3) is 0.438. The third kappa shape index (κ3) is 4.19. The third-order valence-electron chi connectivity index (χ3n) is 4.08. The van der Waals surface area contributed by atoms with Crippen LogP contribution in [0.15, 0.2) is 36.9 Å². The molecule has 1 fully saturated rings. The summed E-state index contributed by atoms with van der Waals surface area (Å²) in [7, 11) is 0. The van der Waals surface area contributed by atoms with Crippen LogP contribution in [0.3, 0.4) is 0 Å². The van der Waals surface area contributed by atoms with Crippen molar-refractivity contribution < 1.29 is 13.2 Å². The fourth-order valence-corrected chi connectivity index (χ4v) is 2.71. The summed E-state index contributed by atoms with van der Waals surface area (Å²) < 4.78 is 38.2. The number of aromatic nitrogens is 3. The molecular weight excluding hydrogens is 319 g/mol. The topological polar surface area (TPSA) is 45.2 Å². The van der Waals surface area contributed by atoms with Crippen LogP contribution < -0.4 is 4.90 Å². The monoisotopic (exact) mass is 337 g/mol. The highest BCUT2D eigenvalue weighted by Crippen LogP contribution is 2.29. The van der Waals surface area contributed by atoms with Crippen molar-refractivity contribution >= 4 is 5.82 Å². The van der Waals surface area contributed by atoms with E-state index in [-0.39, 0.29) is 0 Å². The van der Waals surface area contributed by atoms with Gasteiger partial charge in [0, 0.05) is 51.2 Å².